The van der Waals surface area contributed by atoms with E-state index in [9.17, 15) is 14.7 Å². The number of hydrogen-bond acceptors (Lipinski definition) is 5. The zero-order chi connectivity index (χ0) is 52.0. The fraction of sp³-hybridized carbons (Fsp3) is 0.761. The van der Waals surface area contributed by atoms with E-state index < -0.39 is 6.10 Å². The third kappa shape index (κ3) is 59.6. The Morgan fingerprint density at radius 2 is 0.597 bits per heavy atom. The third-order valence-corrected chi connectivity index (χ3v) is 13.7. The molecule has 0 spiro atoms. The third-order valence-electron chi connectivity index (χ3n) is 13.7. The van der Waals surface area contributed by atoms with Gasteiger partial charge in [-0.2, -0.15) is 0 Å². The van der Waals surface area contributed by atoms with E-state index in [4.69, 9.17) is 9.47 Å². The van der Waals surface area contributed by atoms with Gasteiger partial charge in [0.15, 0.2) is 6.10 Å². The molecule has 0 radical (unpaired) electrons. The van der Waals surface area contributed by atoms with Crippen LogP contribution in [0.1, 0.15) is 309 Å². The standard InChI is InChI=1S/C67H118O5/c1-3-5-7-9-11-13-15-17-19-21-23-25-27-29-31-33-35-37-39-41-43-45-47-49-51-53-55-57-59-61-66(69)71-64-65(63-68)72-67(70)62-60-58-56-54-52-50-48-46-44-42-40-38-36-34-32-30-28-26-24-22-20-18-16-14-12-10-8-6-4-2/h6,8,12,14-15,17-18,20-21,23-24,26-27,29,65,68H,3-5,7,9-11,13,16,19,22,25,28,30-64H2,1-2H3/b8-6-,14-12-,17-15-,20-18-,23-21-,26-24-,29-27-. The number of carbonyl (C=O) groups excluding carboxylic acids is 2. The highest BCUT2D eigenvalue weighted by Gasteiger charge is 2.16. The van der Waals surface area contributed by atoms with E-state index in [1.807, 2.05) is 0 Å². The van der Waals surface area contributed by atoms with Crippen LogP contribution in [0, 0.1) is 0 Å². The maximum Gasteiger partial charge on any atom is 0.306 e. The molecule has 416 valence electrons. The zero-order valence-corrected chi connectivity index (χ0v) is 47.7. The largest absolute Gasteiger partial charge is 0.462 e. The van der Waals surface area contributed by atoms with Crippen LogP contribution in [0.25, 0.3) is 0 Å². The first-order valence-corrected chi connectivity index (χ1v) is 31.1. The first-order chi connectivity index (χ1) is 35.6. The van der Waals surface area contributed by atoms with Crippen molar-refractivity contribution in [3.05, 3.63) is 85.1 Å². The van der Waals surface area contributed by atoms with E-state index in [-0.39, 0.29) is 25.2 Å². The number of carbonyl (C=O) groups is 2. The highest BCUT2D eigenvalue weighted by Crippen LogP contribution is 2.17. The highest BCUT2D eigenvalue weighted by molar-refractivity contribution is 5.70. The number of allylic oxidation sites excluding steroid dienone is 14. The molecule has 0 aliphatic heterocycles. The molecule has 0 saturated carbocycles. The van der Waals surface area contributed by atoms with E-state index >= 15 is 0 Å². The number of aliphatic hydroxyl groups excluding tert-OH is 1. The maximum absolute atomic E-state index is 12.3. The summed E-state index contributed by atoms with van der Waals surface area (Å²) >= 11 is 0. The first kappa shape index (κ1) is 69.1. The van der Waals surface area contributed by atoms with Gasteiger partial charge in [0.2, 0.25) is 0 Å². The van der Waals surface area contributed by atoms with Crippen molar-refractivity contribution >= 4 is 11.9 Å². The van der Waals surface area contributed by atoms with Crippen LogP contribution >= 0.6 is 0 Å². The van der Waals surface area contributed by atoms with Gasteiger partial charge in [0.1, 0.15) is 6.61 Å². The molecule has 1 unspecified atom stereocenters. The molecule has 1 N–H and O–H groups in total. The van der Waals surface area contributed by atoms with Crippen molar-refractivity contribution in [1.82, 2.24) is 0 Å². The number of aliphatic hydroxyl groups is 1. The molecular formula is C67H118O5. The second-order valence-corrected chi connectivity index (χ2v) is 20.8. The van der Waals surface area contributed by atoms with Gasteiger partial charge in [0.25, 0.3) is 0 Å². The van der Waals surface area contributed by atoms with Gasteiger partial charge in [0, 0.05) is 12.8 Å². The van der Waals surface area contributed by atoms with Crippen LogP contribution in [-0.2, 0) is 19.1 Å². The smallest absolute Gasteiger partial charge is 0.306 e. The predicted molar refractivity (Wildman–Crippen MR) is 316 cm³/mol. The summed E-state index contributed by atoms with van der Waals surface area (Å²) in [5, 5.41) is 9.68. The second-order valence-electron chi connectivity index (χ2n) is 20.8. The molecule has 0 aromatic carbocycles. The van der Waals surface area contributed by atoms with E-state index in [1.165, 1.54) is 205 Å². The van der Waals surface area contributed by atoms with E-state index in [2.05, 4.69) is 98.9 Å². The van der Waals surface area contributed by atoms with Crippen molar-refractivity contribution in [1.29, 1.82) is 0 Å². The molecule has 0 bridgehead atoms. The molecule has 5 nitrogen and oxygen atoms in total. The molecule has 0 aromatic heterocycles. The summed E-state index contributed by atoms with van der Waals surface area (Å²) in [5.74, 6) is -0.581. The van der Waals surface area contributed by atoms with Gasteiger partial charge in [-0.1, -0.05) is 292 Å². The van der Waals surface area contributed by atoms with Crippen molar-refractivity contribution < 1.29 is 24.2 Å². The van der Waals surface area contributed by atoms with Gasteiger partial charge in [-0.3, -0.25) is 9.59 Å². The normalized spacial score (nSPS) is 12.8. The SMILES string of the molecule is CC/C=C\C/C=C\C/C=C\C/C=C\CCCCCCCCCCCCCCCCCCC(=O)OC(CO)COC(=O)CCCCCCCCCCCCCCCC/C=C\C/C=C\C/C=C\CCCCCCC. The fourth-order valence-corrected chi connectivity index (χ4v) is 9.03. The van der Waals surface area contributed by atoms with Crippen molar-refractivity contribution in [3.8, 4) is 0 Å². The Balaban J connectivity index is 3.46. The molecule has 1 atom stereocenters. The summed E-state index contributed by atoms with van der Waals surface area (Å²) in [7, 11) is 0. The lowest BCUT2D eigenvalue weighted by Gasteiger charge is -2.15. The Morgan fingerprint density at radius 1 is 0.333 bits per heavy atom. The minimum atomic E-state index is -0.776. The Labute approximate surface area is 447 Å². The van der Waals surface area contributed by atoms with Gasteiger partial charge >= 0.3 is 11.9 Å². The molecule has 0 amide bonds. The van der Waals surface area contributed by atoms with Crippen LogP contribution in [0.3, 0.4) is 0 Å². The second kappa shape index (κ2) is 62.4. The van der Waals surface area contributed by atoms with E-state index in [0.29, 0.717) is 12.8 Å². The molecule has 0 aromatic rings. The fourth-order valence-electron chi connectivity index (χ4n) is 9.03. The molecule has 0 fully saturated rings. The zero-order valence-electron chi connectivity index (χ0n) is 47.7. The van der Waals surface area contributed by atoms with Gasteiger partial charge in [-0.25, -0.2) is 0 Å². The van der Waals surface area contributed by atoms with Crippen molar-refractivity contribution in [2.24, 2.45) is 0 Å². The Kier molecular flexibility index (Phi) is 59.8. The average molecular weight is 1000 g/mol. The van der Waals surface area contributed by atoms with E-state index in [0.717, 1.165) is 77.0 Å². The number of ether oxygens (including phenoxy) is 2. The number of esters is 2. The minimum absolute atomic E-state index is 0.0663. The van der Waals surface area contributed by atoms with Gasteiger partial charge in [-0.05, 0) is 89.9 Å². The summed E-state index contributed by atoms with van der Waals surface area (Å²) in [4.78, 5) is 24.6. The molecule has 0 aliphatic carbocycles. The van der Waals surface area contributed by atoms with Crippen LogP contribution in [-0.4, -0.2) is 36.4 Å². The molecular weight excluding hydrogens is 885 g/mol. The monoisotopic (exact) mass is 1000 g/mol. The van der Waals surface area contributed by atoms with Gasteiger partial charge in [-0.15, -0.1) is 0 Å². The summed E-state index contributed by atoms with van der Waals surface area (Å²) in [5.41, 5.74) is 0. The van der Waals surface area contributed by atoms with Crippen LogP contribution in [0.5, 0.6) is 0 Å². The predicted octanol–water partition coefficient (Wildman–Crippen LogP) is 21.3. The Bertz CT molecular complexity index is 1320. The molecule has 0 aliphatic rings. The van der Waals surface area contributed by atoms with Crippen LogP contribution in [0.15, 0.2) is 85.1 Å². The van der Waals surface area contributed by atoms with Crippen molar-refractivity contribution in [3.63, 3.8) is 0 Å². The number of rotatable bonds is 57. The van der Waals surface area contributed by atoms with Crippen molar-refractivity contribution in [2.45, 2.75) is 315 Å². The molecule has 0 rings (SSSR count). The maximum atomic E-state index is 12.3. The minimum Gasteiger partial charge on any atom is -0.462 e. The summed E-state index contributed by atoms with van der Waals surface area (Å²) in [6.07, 6.45) is 87.2. The molecule has 72 heavy (non-hydrogen) atoms. The quantitative estimate of drug-likeness (QED) is 0.0373. The average Bonchev–Trinajstić information content (AvgIpc) is 3.38. The Hall–Kier alpha value is -2.92. The molecule has 0 heterocycles. The lowest BCUT2D eigenvalue weighted by atomic mass is 10.0. The topological polar surface area (TPSA) is 72.8 Å². The summed E-state index contributed by atoms with van der Waals surface area (Å²) in [6, 6.07) is 0. The van der Waals surface area contributed by atoms with Crippen LogP contribution in [0.4, 0.5) is 0 Å². The summed E-state index contributed by atoms with van der Waals surface area (Å²) < 4.78 is 10.7. The molecule has 0 saturated heterocycles. The van der Waals surface area contributed by atoms with Gasteiger partial charge < -0.3 is 14.6 Å². The van der Waals surface area contributed by atoms with Gasteiger partial charge in [0.05, 0.1) is 6.61 Å². The Morgan fingerprint density at radius 3 is 0.903 bits per heavy atom. The number of unbranched alkanes of at least 4 members (excludes halogenated alkanes) is 35. The van der Waals surface area contributed by atoms with Crippen LogP contribution < -0.4 is 0 Å². The molecule has 5 heteroatoms. The lowest BCUT2D eigenvalue weighted by Crippen LogP contribution is -2.28. The van der Waals surface area contributed by atoms with E-state index in [1.54, 1.807) is 0 Å². The first-order valence-electron chi connectivity index (χ1n) is 31.1. The number of hydrogen-bond donors (Lipinski definition) is 1. The van der Waals surface area contributed by atoms with Crippen molar-refractivity contribution in [2.75, 3.05) is 13.2 Å². The summed E-state index contributed by atoms with van der Waals surface area (Å²) in [6.45, 7) is 4.05. The lowest BCUT2D eigenvalue weighted by molar-refractivity contribution is -0.161. The highest BCUT2D eigenvalue weighted by atomic mass is 16.6. The van der Waals surface area contributed by atoms with Crippen LogP contribution in [0.2, 0.25) is 0 Å².